The van der Waals surface area contributed by atoms with Crippen molar-refractivity contribution < 1.29 is 5.11 Å². The number of likely N-dealkylation sites (tertiary alicyclic amines) is 1. The Morgan fingerprint density at radius 1 is 1.31 bits per heavy atom. The molecule has 1 heterocycles. The molecule has 0 aromatic rings. The molecule has 3 atom stereocenters. The van der Waals surface area contributed by atoms with Crippen molar-refractivity contribution in [2.75, 3.05) is 6.54 Å². The molecule has 0 aromatic carbocycles. The number of aliphatic hydroxyl groups excluding tert-OH is 1. The van der Waals surface area contributed by atoms with Gasteiger partial charge in [0, 0.05) is 12.1 Å². The van der Waals surface area contributed by atoms with Crippen LogP contribution >= 0.6 is 0 Å². The van der Waals surface area contributed by atoms with Crippen molar-refractivity contribution in [2.45, 2.75) is 63.6 Å². The van der Waals surface area contributed by atoms with E-state index in [1.54, 1.807) is 0 Å². The van der Waals surface area contributed by atoms with Gasteiger partial charge in [0.2, 0.25) is 0 Å². The molecule has 1 aliphatic heterocycles. The smallest absolute Gasteiger partial charge is 0.0555 e. The Morgan fingerprint density at radius 3 is 2.77 bits per heavy atom. The third-order valence-electron chi connectivity index (χ3n) is 3.74. The molecule has 0 aromatic heterocycles. The van der Waals surface area contributed by atoms with Crippen LogP contribution in [0.5, 0.6) is 0 Å². The van der Waals surface area contributed by atoms with E-state index in [-0.39, 0.29) is 6.10 Å². The van der Waals surface area contributed by atoms with Crippen LogP contribution in [0.15, 0.2) is 0 Å². The van der Waals surface area contributed by atoms with Gasteiger partial charge in [0.15, 0.2) is 0 Å². The molecule has 2 rings (SSSR count). The minimum atomic E-state index is -0.0110. The first-order chi connectivity index (χ1) is 6.31. The molecule has 1 saturated heterocycles. The van der Waals surface area contributed by atoms with E-state index < -0.39 is 0 Å². The second-order valence-corrected chi connectivity index (χ2v) is 4.56. The molecular formula is C11H21NO. The van der Waals surface area contributed by atoms with Crippen molar-refractivity contribution in [2.24, 2.45) is 0 Å². The van der Waals surface area contributed by atoms with E-state index >= 15 is 0 Å². The molecule has 0 bridgehead atoms. The average Bonchev–Trinajstić information content (AvgIpc) is 2.71. The maximum atomic E-state index is 9.49. The van der Waals surface area contributed by atoms with Crippen LogP contribution in [0.2, 0.25) is 0 Å². The zero-order valence-electron chi connectivity index (χ0n) is 8.58. The predicted octanol–water partition coefficient (Wildman–Crippen LogP) is 1.77. The highest BCUT2D eigenvalue weighted by Crippen LogP contribution is 2.31. The quantitative estimate of drug-likeness (QED) is 0.705. The first kappa shape index (κ1) is 9.47. The van der Waals surface area contributed by atoms with Gasteiger partial charge in [-0.05, 0) is 45.1 Å². The topological polar surface area (TPSA) is 23.5 Å². The van der Waals surface area contributed by atoms with Crippen molar-refractivity contribution in [1.29, 1.82) is 0 Å². The third kappa shape index (κ3) is 1.89. The number of hydrogen-bond acceptors (Lipinski definition) is 2. The highest BCUT2D eigenvalue weighted by atomic mass is 16.3. The van der Waals surface area contributed by atoms with Gasteiger partial charge in [-0.3, -0.25) is 4.90 Å². The van der Waals surface area contributed by atoms with Crippen molar-refractivity contribution in [3.8, 4) is 0 Å². The molecular weight excluding hydrogens is 162 g/mol. The second kappa shape index (κ2) is 3.97. The molecule has 2 fully saturated rings. The number of aliphatic hydroxyl groups is 1. The van der Waals surface area contributed by atoms with Crippen LogP contribution in [0, 0.1) is 0 Å². The molecule has 13 heavy (non-hydrogen) atoms. The summed E-state index contributed by atoms with van der Waals surface area (Å²) >= 11 is 0. The minimum Gasteiger partial charge on any atom is -0.393 e. The fourth-order valence-electron chi connectivity index (χ4n) is 3.01. The van der Waals surface area contributed by atoms with Gasteiger partial charge < -0.3 is 5.11 Å². The summed E-state index contributed by atoms with van der Waals surface area (Å²) < 4.78 is 0. The molecule has 76 valence electrons. The summed E-state index contributed by atoms with van der Waals surface area (Å²) in [7, 11) is 0. The number of hydrogen-bond donors (Lipinski definition) is 1. The van der Waals surface area contributed by atoms with Gasteiger partial charge in [-0.25, -0.2) is 0 Å². The summed E-state index contributed by atoms with van der Waals surface area (Å²) in [5.41, 5.74) is 0. The summed E-state index contributed by atoms with van der Waals surface area (Å²) in [6.45, 7) is 3.56. The molecule has 2 heteroatoms. The predicted molar refractivity (Wildman–Crippen MR) is 53.7 cm³/mol. The molecule has 0 radical (unpaired) electrons. The van der Waals surface area contributed by atoms with E-state index in [0.717, 1.165) is 18.9 Å². The summed E-state index contributed by atoms with van der Waals surface area (Å²) in [6.07, 6.45) is 7.29. The van der Waals surface area contributed by atoms with Gasteiger partial charge in [0.05, 0.1) is 6.10 Å². The highest BCUT2D eigenvalue weighted by molar-refractivity contribution is 4.89. The lowest BCUT2D eigenvalue weighted by Gasteiger charge is -2.29. The summed E-state index contributed by atoms with van der Waals surface area (Å²) in [5.74, 6) is 0. The third-order valence-corrected chi connectivity index (χ3v) is 3.74. The lowest BCUT2D eigenvalue weighted by atomic mass is 10.1. The van der Waals surface area contributed by atoms with Gasteiger partial charge in [-0.1, -0.05) is 6.92 Å². The Bertz CT molecular complexity index is 171. The fraction of sp³-hybridized carbons (Fsp3) is 1.00. The first-order valence-electron chi connectivity index (χ1n) is 5.75. The molecule has 0 amide bonds. The Labute approximate surface area is 80.9 Å². The summed E-state index contributed by atoms with van der Waals surface area (Å²) in [6, 6.07) is 1.51. The van der Waals surface area contributed by atoms with Gasteiger partial charge in [-0.2, -0.15) is 0 Å². The van der Waals surface area contributed by atoms with E-state index in [1.165, 1.54) is 32.2 Å². The molecule has 1 aliphatic carbocycles. The normalized spacial score (nSPS) is 41.5. The minimum absolute atomic E-state index is 0.0110. The lowest BCUT2D eigenvalue weighted by Crippen LogP contribution is -2.37. The Kier molecular flexibility index (Phi) is 2.89. The van der Waals surface area contributed by atoms with Gasteiger partial charge in [0.25, 0.3) is 0 Å². The Morgan fingerprint density at radius 2 is 2.15 bits per heavy atom. The van der Waals surface area contributed by atoms with Gasteiger partial charge >= 0.3 is 0 Å². The zero-order valence-corrected chi connectivity index (χ0v) is 8.58. The SMILES string of the molecule is CCC1CCCN1C1CCC(O)C1. The van der Waals surface area contributed by atoms with Crippen LogP contribution in [0.4, 0.5) is 0 Å². The Hall–Kier alpha value is -0.0800. The zero-order chi connectivity index (χ0) is 9.26. The van der Waals surface area contributed by atoms with Crippen LogP contribution in [0.25, 0.3) is 0 Å². The highest BCUT2D eigenvalue weighted by Gasteiger charge is 2.33. The van der Waals surface area contributed by atoms with Crippen molar-refractivity contribution >= 4 is 0 Å². The molecule has 1 N–H and O–H groups in total. The van der Waals surface area contributed by atoms with E-state index in [9.17, 15) is 5.11 Å². The first-order valence-corrected chi connectivity index (χ1v) is 5.75. The molecule has 0 spiro atoms. The van der Waals surface area contributed by atoms with E-state index in [2.05, 4.69) is 11.8 Å². The summed E-state index contributed by atoms with van der Waals surface area (Å²) in [5, 5.41) is 9.49. The van der Waals surface area contributed by atoms with Crippen molar-refractivity contribution in [1.82, 2.24) is 4.90 Å². The van der Waals surface area contributed by atoms with Crippen LogP contribution in [-0.4, -0.2) is 34.7 Å². The molecule has 2 aliphatic rings. The van der Waals surface area contributed by atoms with E-state index in [4.69, 9.17) is 0 Å². The van der Waals surface area contributed by atoms with Crippen molar-refractivity contribution in [3.63, 3.8) is 0 Å². The van der Waals surface area contributed by atoms with Gasteiger partial charge in [-0.15, -0.1) is 0 Å². The van der Waals surface area contributed by atoms with E-state index in [1.807, 2.05) is 0 Å². The standard InChI is InChI=1S/C11H21NO/c1-2-9-4-3-7-12(9)10-5-6-11(13)8-10/h9-11,13H,2-8H2,1H3. The van der Waals surface area contributed by atoms with Crippen LogP contribution in [-0.2, 0) is 0 Å². The van der Waals surface area contributed by atoms with Gasteiger partial charge in [0.1, 0.15) is 0 Å². The van der Waals surface area contributed by atoms with Crippen LogP contribution in [0.3, 0.4) is 0 Å². The van der Waals surface area contributed by atoms with Crippen LogP contribution in [0.1, 0.15) is 45.4 Å². The average molecular weight is 183 g/mol. The maximum Gasteiger partial charge on any atom is 0.0555 e. The summed E-state index contributed by atoms with van der Waals surface area (Å²) in [4.78, 5) is 2.65. The Balaban J connectivity index is 1.92. The largest absolute Gasteiger partial charge is 0.393 e. The van der Waals surface area contributed by atoms with E-state index in [0.29, 0.717) is 6.04 Å². The maximum absolute atomic E-state index is 9.49. The second-order valence-electron chi connectivity index (χ2n) is 4.56. The lowest BCUT2D eigenvalue weighted by molar-refractivity contribution is 0.141. The number of nitrogens with zero attached hydrogens (tertiary/aromatic N) is 1. The monoisotopic (exact) mass is 183 g/mol. The molecule has 3 unspecified atom stereocenters. The van der Waals surface area contributed by atoms with Crippen molar-refractivity contribution in [3.05, 3.63) is 0 Å². The molecule has 2 nitrogen and oxygen atoms in total. The van der Waals surface area contributed by atoms with Crippen LogP contribution < -0.4 is 0 Å². The fourth-order valence-corrected chi connectivity index (χ4v) is 3.01. The number of rotatable bonds is 2. The molecule has 1 saturated carbocycles.